The Labute approximate surface area is 312 Å². The lowest BCUT2D eigenvalue weighted by Gasteiger charge is -2.28. The van der Waals surface area contributed by atoms with Gasteiger partial charge in [0.1, 0.15) is 0 Å². The Balaban J connectivity index is 1.14. The Morgan fingerprint density at radius 3 is 1.68 bits per heavy atom. The van der Waals surface area contributed by atoms with Crippen LogP contribution in [0.3, 0.4) is 0 Å². The van der Waals surface area contributed by atoms with Crippen LogP contribution >= 0.6 is 0 Å². The molecule has 0 aliphatic heterocycles. The fourth-order valence-electron chi connectivity index (χ4n) is 6.91. The fraction of sp³-hybridized carbons (Fsp3) is 0.0400. The molecule has 0 aliphatic carbocycles. The highest BCUT2D eigenvalue weighted by Crippen LogP contribution is 2.39. The lowest BCUT2D eigenvalue weighted by Crippen LogP contribution is -2.17. The van der Waals surface area contributed by atoms with Crippen LogP contribution in [0, 0.1) is 6.92 Å². The Hall–Kier alpha value is -6.84. The number of hydrogen-bond acceptors (Lipinski definition) is 3. The number of anilines is 6. The molecule has 0 atom stereocenters. The summed E-state index contributed by atoms with van der Waals surface area (Å²) >= 11 is 0. The van der Waals surface area contributed by atoms with E-state index in [0.717, 1.165) is 45.4 Å². The summed E-state index contributed by atoms with van der Waals surface area (Å²) in [5.41, 5.74) is 10.1. The topological polar surface area (TPSA) is 18.5 Å². The predicted molar refractivity (Wildman–Crippen MR) is 228 cm³/mol. The molecule has 0 bridgehead atoms. The van der Waals surface area contributed by atoms with E-state index in [0.29, 0.717) is 6.54 Å². The van der Waals surface area contributed by atoms with E-state index in [2.05, 4.69) is 234 Å². The third kappa shape index (κ3) is 7.46. The molecule has 3 heteroatoms. The molecule has 1 N–H and O–H groups in total. The van der Waals surface area contributed by atoms with Crippen LogP contribution in [0.5, 0.6) is 0 Å². The molecule has 256 valence electrons. The van der Waals surface area contributed by atoms with Gasteiger partial charge in [-0.2, -0.15) is 0 Å². The summed E-state index contributed by atoms with van der Waals surface area (Å²) < 4.78 is 0. The van der Waals surface area contributed by atoms with Gasteiger partial charge in [0, 0.05) is 45.8 Å². The van der Waals surface area contributed by atoms with E-state index in [4.69, 9.17) is 0 Å². The Morgan fingerprint density at radius 1 is 0.491 bits per heavy atom. The fourth-order valence-corrected chi connectivity index (χ4v) is 6.91. The summed E-state index contributed by atoms with van der Waals surface area (Å²) in [5, 5.41) is 8.54. The molecule has 0 unspecified atom stereocenters. The number of rotatable bonds is 11. The largest absolute Gasteiger partial charge is 0.381 e. The van der Waals surface area contributed by atoms with Crippen LogP contribution in [0.15, 0.2) is 212 Å². The van der Waals surface area contributed by atoms with Crippen LogP contribution in [0.25, 0.3) is 27.6 Å². The summed E-state index contributed by atoms with van der Waals surface area (Å²) in [7, 11) is 0. The van der Waals surface area contributed by atoms with Crippen molar-refractivity contribution in [1.82, 2.24) is 0 Å². The first-order chi connectivity index (χ1) is 26.2. The normalized spacial score (nSPS) is 11.6. The van der Waals surface area contributed by atoms with Gasteiger partial charge in [-0.25, -0.2) is 0 Å². The molecule has 8 aromatic rings. The van der Waals surface area contributed by atoms with Crippen molar-refractivity contribution in [2.75, 3.05) is 21.7 Å². The van der Waals surface area contributed by atoms with E-state index in [9.17, 15) is 0 Å². The maximum absolute atomic E-state index is 3.70. The average Bonchev–Trinajstić information content (AvgIpc) is 3.22. The molecule has 0 saturated carbocycles. The Bertz CT molecular complexity index is 2490. The molecule has 0 radical (unpaired) electrons. The van der Waals surface area contributed by atoms with Gasteiger partial charge >= 0.3 is 0 Å². The molecule has 0 aromatic heterocycles. The lowest BCUT2D eigenvalue weighted by molar-refractivity contribution is 1.19. The summed E-state index contributed by atoms with van der Waals surface area (Å²) in [6.45, 7) is 2.75. The SMILES string of the molecule is Cc1ccc(/C=C\C(=C/CNc2ccc(N(c3ccccc3)c3cccc4ccccc34)cc2)N(c2ccccc2)c2cccc3ccccc23)cc1. The number of fused-ring (bicyclic) bond motifs is 2. The van der Waals surface area contributed by atoms with Crippen LogP contribution in [-0.4, -0.2) is 6.54 Å². The van der Waals surface area contributed by atoms with Gasteiger partial charge in [-0.3, -0.25) is 0 Å². The van der Waals surface area contributed by atoms with Crippen molar-refractivity contribution in [3.05, 3.63) is 223 Å². The van der Waals surface area contributed by atoms with Crippen LogP contribution < -0.4 is 15.1 Å². The number of para-hydroxylation sites is 2. The monoisotopic (exact) mass is 683 g/mol. The zero-order valence-electron chi connectivity index (χ0n) is 29.8. The van der Waals surface area contributed by atoms with Crippen LogP contribution in [-0.2, 0) is 0 Å². The summed E-state index contributed by atoms with van der Waals surface area (Å²) in [6.07, 6.45) is 6.71. The minimum Gasteiger partial charge on any atom is -0.381 e. The zero-order chi connectivity index (χ0) is 35.8. The van der Waals surface area contributed by atoms with Crippen LogP contribution in [0.2, 0.25) is 0 Å². The number of allylic oxidation sites excluding steroid dienone is 1. The average molecular weight is 684 g/mol. The molecule has 0 saturated heterocycles. The first-order valence-electron chi connectivity index (χ1n) is 18.2. The first kappa shape index (κ1) is 33.3. The summed E-state index contributed by atoms with van der Waals surface area (Å²) in [6, 6.07) is 68.8. The van der Waals surface area contributed by atoms with Gasteiger partial charge in [0.25, 0.3) is 0 Å². The van der Waals surface area contributed by atoms with Gasteiger partial charge in [-0.15, -0.1) is 0 Å². The van der Waals surface area contributed by atoms with E-state index in [1.807, 2.05) is 0 Å². The second-order valence-corrected chi connectivity index (χ2v) is 13.1. The van der Waals surface area contributed by atoms with Crippen molar-refractivity contribution in [2.45, 2.75) is 6.92 Å². The number of nitrogens with zero attached hydrogens (tertiary/aromatic N) is 2. The molecule has 0 spiro atoms. The minimum absolute atomic E-state index is 0.632. The maximum atomic E-state index is 3.70. The summed E-state index contributed by atoms with van der Waals surface area (Å²) in [5.74, 6) is 0. The zero-order valence-corrected chi connectivity index (χ0v) is 29.8. The van der Waals surface area contributed by atoms with Crippen molar-refractivity contribution >= 4 is 61.7 Å². The maximum Gasteiger partial charge on any atom is 0.0540 e. The number of benzene rings is 8. The van der Waals surface area contributed by atoms with Gasteiger partial charge in [0.15, 0.2) is 0 Å². The highest BCUT2D eigenvalue weighted by atomic mass is 15.2. The second kappa shape index (κ2) is 15.6. The van der Waals surface area contributed by atoms with Gasteiger partial charge in [0.2, 0.25) is 0 Å². The number of aryl methyl sites for hydroxylation is 1. The highest BCUT2D eigenvalue weighted by molar-refractivity contribution is 5.99. The third-order valence-corrected chi connectivity index (χ3v) is 9.57. The predicted octanol–water partition coefficient (Wildman–Crippen LogP) is 13.6. The Kier molecular flexibility index (Phi) is 9.80. The molecule has 0 heterocycles. The van der Waals surface area contributed by atoms with E-state index in [1.54, 1.807) is 0 Å². The number of nitrogens with one attached hydrogen (secondary N) is 1. The van der Waals surface area contributed by atoms with Crippen molar-refractivity contribution in [1.29, 1.82) is 0 Å². The second-order valence-electron chi connectivity index (χ2n) is 13.1. The molecule has 0 fully saturated rings. The van der Waals surface area contributed by atoms with Gasteiger partial charge in [-0.1, -0.05) is 145 Å². The molecule has 8 aromatic carbocycles. The quantitative estimate of drug-likeness (QED) is 0.137. The van der Waals surface area contributed by atoms with Gasteiger partial charge < -0.3 is 15.1 Å². The van der Waals surface area contributed by atoms with Crippen molar-refractivity contribution in [3.63, 3.8) is 0 Å². The van der Waals surface area contributed by atoms with Gasteiger partial charge in [-0.05, 0) is 96.1 Å². The van der Waals surface area contributed by atoms with E-state index >= 15 is 0 Å². The van der Waals surface area contributed by atoms with Crippen LogP contribution in [0.4, 0.5) is 34.1 Å². The summed E-state index contributed by atoms with van der Waals surface area (Å²) in [4.78, 5) is 4.70. The van der Waals surface area contributed by atoms with E-state index in [1.165, 1.54) is 27.1 Å². The molecular formula is C50H41N3. The van der Waals surface area contributed by atoms with Crippen molar-refractivity contribution < 1.29 is 0 Å². The molecule has 0 amide bonds. The van der Waals surface area contributed by atoms with Crippen molar-refractivity contribution in [2.24, 2.45) is 0 Å². The number of hydrogen-bond donors (Lipinski definition) is 1. The minimum atomic E-state index is 0.632. The lowest BCUT2D eigenvalue weighted by atomic mass is 10.1. The van der Waals surface area contributed by atoms with E-state index < -0.39 is 0 Å². The van der Waals surface area contributed by atoms with Crippen LogP contribution in [0.1, 0.15) is 11.1 Å². The molecular weight excluding hydrogens is 643 g/mol. The highest BCUT2D eigenvalue weighted by Gasteiger charge is 2.17. The van der Waals surface area contributed by atoms with E-state index in [-0.39, 0.29) is 0 Å². The Morgan fingerprint density at radius 2 is 1.02 bits per heavy atom. The molecule has 53 heavy (non-hydrogen) atoms. The standard InChI is InChI=1S/C50H41N3/c1-38-26-28-39(29-27-38)30-33-46(53(44-20-6-3-7-21-44)50-25-13-17-41-15-9-11-23-48(41)50)36-37-51-42-31-34-45(35-32-42)52(43-18-4-2-5-19-43)49-24-12-16-40-14-8-10-22-47(40)49/h2-36,51H,37H2,1H3/b33-30-,46-36+. The van der Waals surface area contributed by atoms with Gasteiger partial charge in [0.05, 0.1) is 11.4 Å². The molecule has 0 aliphatic rings. The molecule has 3 nitrogen and oxygen atoms in total. The van der Waals surface area contributed by atoms with Crippen molar-refractivity contribution in [3.8, 4) is 0 Å². The third-order valence-electron chi connectivity index (χ3n) is 9.57. The first-order valence-corrected chi connectivity index (χ1v) is 18.2. The smallest absolute Gasteiger partial charge is 0.0540 e. The molecule has 8 rings (SSSR count).